The molecule has 0 fully saturated rings. The Morgan fingerprint density at radius 2 is 1.62 bits per heavy atom. The van der Waals surface area contributed by atoms with Gasteiger partial charge in [-0.1, -0.05) is 36.5 Å². The minimum Gasteiger partial charge on any atom is -0.303 e. The maximum atomic E-state index is 9.98. The van der Waals surface area contributed by atoms with E-state index < -0.39 is 0 Å². The Kier molecular flexibility index (Phi) is 9.96. The molecule has 0 spiro atoms. The zero-order chi connectivity index (χ0) is 9.78. The molecule has 0 bridgehead atoms. The minimum atomic E-state index is 0.697. The van der Waals surface area contributed by atoms with Crippen molar-refractivity contribution in [3.8, 4) is 0 Å². The van der Waals surface area contributed by atoms with Crippen molar-refractivity contribution in [2.24, 2.45) is 0 Å². The molecule has 0 unspecified atom stereocenters. The molecule has 0 saturated carbocycles. The predicted octanol–water partition coefficient (Wildman–Crippen LogP) is 3.43. The second kappa shape index (κ2) is 10.9. The molecule has 0 radical (unpaired) electrons. The van der Waals surface area contributed by atoms with Gasteiger partial charge in [-0.2, -0.15) is 0 Å². The van der Waals surface area contributed by atoms with Crippen LogP contribution in [0.5, 0.6) is 0 Å². The standard InChI is InChI=1S/C12H18O/c1-2-3-4-5-6-7-8-9-10-11-12-13/h2-7,12H,8-11H2,1H3/b3-2+,5-4+,7-6+. The zero-order valence-corrected chi connectivity index (χ0v) is 8.28. The summed E-state index contributed by atoms with van der Waals surface area (Å²) in [5.74, 6) is 0. The summed E-state index contributed by atoms with van der Waals surface area (Å²) in [7, 11) is 0. The molecule has 0 aromatic carbocycles. The first-order chi connectivity index (χ1) is 6.41. The number of hydrogen-bond acceptors (Lipinski definition) is 1. The molecule has 0 heterocycles. The Labute approximate surface area is 80.8 Å². The highest BCUT2D eigenvalue weighted by atomic mass is 16.1. The van der Waals surface area contributed by atoms with E-state index in [1.54, 1.807) is 0 Å². The predicted molar refractivity (Wildman–Crippen MR) is 57.6 cm³/mol. The summed E-state index contributed by atoms with van der Waals surface area (Å²) in [6.45, 7) is 1.99. The fourth-order valence-corrected chi connectivity index (χ4v) is 0.904. The number of rotatable bonds is 7. The highest BCUT2D eigenvalue weighted by Crippen LogP contribution is 1.98. The Hall–Kier alpha value is -1.11. The van der Waals surface area contributed by atoms with Crippen LogP contribution in [0.2, 0.25) is 0 Å². The molecule has 0 aromatic heterocycles. The molecule has 0 aromatic rings. The van der Waals surface area contributed by atoms with Gasteiger partial charge in [-0.15, -0.1) is 0 Å². The smallest absolute Gasteiger partial charge is 0.119 e. The van der Waals surface area contributed by atoms with E-state index >= 15 is 0 Å². The molecule has 72 valence electrons. The summed E-state index contributed by atoms with van der Waals surface area (Å²) < 4.78 is 0. The van der Waals surface area contributed by atoms with Gasteiger partial charge in [0.2, 0.25) is 0 Å². The summed E-state index contributed by atoms with van der Waals surface area (Å²) in [4.78, 5) is 9.98. The van der Waals surface area contributed by atoms with Crippen LogP contribution in [0.15, 0.2) is 36.5 Å². The summed E-state index contributed by atoms with van der Waals surface area (Å²) in [6, 6.07) is 0. The number of aldehydes is 1. The molecule has 1 nitrogen and oxygen atoms in total. The van der Waals surface area contributed by atoms with Crippen LogP contribution in [0.25, 0.3) is 0 Å². The summed E-state index contributed by atoms with van der Waals surface area (Å²) >= 11 is 0. The van der Waals surface area contributed by atoms with E-state index in [4.69, 9.17) is 0 Å². The molecular formula is C12H18O. The van der Waals surface area contributed by atoms with Crippen molar-refractivity contribution >= 4 is 6.29 Å². The van der Waals surface area contributed by atoms with Gasteiger partial charge >= 0.3 is 0 Å². The van der Waals surface area contributed by atoms with Crippen LogP contribution in [0, 0.1) is 0 Å². The Balaban J connectivity index is 3.26. The lowest BCUT2D eigenvalue weighted by Crippen LogP contribution is -1.75. The van der Waals surface area contributed by atoms with Gasteiger partial charge in [0.05, 0.1) is 0 Å². The molecular weight excluding hydrogens is 160 g/mol. The van der Waals surface area contributed by atoms with Gasteiger partial charge < -0.3 is 4.79 Å². The number of hydrogen-bond donors (Lipinski definition) is 0. The lowest BCUT2D eigenvalue weighted by molar-refractivity contribution is -0.107. The van der Waals surface area contributed by atoms with Crippen LogP contribution in [0.1, 0.15) is 32.6 Å². The summed E-state index contributed by atoms with van der Waals surface area (Å²) in [5.41, 5.74) is 0. The van der Waals surface area contributed by atoms with Crippen LogP contribution >= 0.6 is 0 Å². The molecule has 0 N–H and O–H groups in total. The molecule has 0 saturated heterocycles. The lowest BCUT2D eigenvalue weighted by Gasteiger charge is -1.89. The van der Waals surface area contributed by atoms with Gasteiger partial charge in [0.25, 0.3) is 0 Å². The van der Waals surface area contributed by atoms with Crippen molar-refractivity contribution in [1.29, 1.82) is 0 Å². The Bertz CT molecular complexity index is 187. The molecule has 0 aliphatic rings. The van der Waals surface area contributed by atoms with E-state index in [2.05, 4.69) is 6.08 Å². The Morgan fingerprint density at radius 3 is 2.31 bits per heavy atom. The fraction of sp³-hybridized carbons (Fsp3) is 0.417. The first kappa shape index (κ1) is 11.9. The van der Waals surface area contributed by atoms with Crippen molar-refractivity contribution in [3.05, 3.63) is 36.5 Å². The quantitative estimate of drug-likeness (QED) is 0.331. The molecule has 0 aliphatic carbocycles. The minimum absolute atomic E-state index is 0.697. The van der Waals surface area contributed by atoms with E-state index in [-0.39, 0.29) is 0 Å². The van der Waals surface area contributed by atoms with E-state index in [1.807, 2.05) is 37.3 Å². The maximum absolute atomic E-state index is 9.98. The van der Waals surface area contributed by atoms with Crippen LogP contribution in [0.4, 0.5) is 0 Å². The average Bonchev–Trinajstić information content (AvgIpc) is 2.16. The molecule has 0 aliphatic heterocycles. The van der Waals surface area contributed by atoms with Crippen LogP contribution in [-0.4, -0.2) is 6.29 Å². The van der Waals surface area contributed by atoms with Crippen molar-refractivity contribution in [2.45, 2.75) is 32.6 Å². The summed E-state index contributed by atoms with van der Waals surface area (Å²) in [5, 5.41) is 0. The van der Waals surface area contributed by atoms with Gasteiger partial charge in [0.1, 0.15) is 6.29 Å². The van der Waals surface area contributed by atoms with Crippen molar-refractivity contribution < 1.29 is 4.79 Å². The zero-order valence-electron chi connectivity index (χ0n) is 8.28. The van der Waals surface area contributed by atoms with Gasteiger partial charge in [-0.25, -0.2) is 0 Å². The van der Waals surface area contributed by atoms with Crippen molar-refractivity contribution in [3.63, 3.8) is 0 Å². The third-order valence-electron chi connectivity index (χ3n) is 1.60. The van der Waals surface area contributed by atoms with Crippen molar-refractivity contribution in [1.82, 2.24) is 0 Å². The second-order valence-electron chi connectivity index (χ2n) is 2.79. The molecule has 0 amide bonds. The molecule has 0 atom stereocenters. The topological polar surface area (TPSA) is 17.1 Å². The van der Waals surface area contributed by atoms with E-state index in [0.29, 0.717) is 6.42 Å². The van der Waals surface area contributed by atoms with E-state index in [9.17, 15) is 4.79 Å². The van der Waals surface area contributed by atoms with Crippen molar-refractivity contribution in [2.75, 3.05) is 0 Å². The average molecular weight is 178 g/mol. The van der Waals surface area contributed by atoms with Gasteiger partial charge in [-0.05, 0) is 26.2 Å². The van der Waals surface area contributed by atoms with Gasteiger partial charge in [0.15, 0.2) is 0 Å². The molecule has 13 heavy (non-hydrogen) atoms. The monoisotopic (exact) mass is 178 g/mol. The van der Waals surface area contributed by atoms with Gasteiger partial charge in [-0.3, -0.25) is 0 Å². The fourth-order valence-electron chi connectivity index (χ4n) is 0.904. The number of allylic oxidation sites excluding steroid dienone is 6. The van der Waals surface area contributed by atoms with Crippen LogP contribution < -0.4 is 0 Å². The molecule has 0 rings (SSSR count). The first-order valence-electron chi connectivity index (χ1n) is 4.80. The highest BCUT2D eigenvalue weighted by molar-refractivity contribution is 5.48. The normalized spacial score (nSPS) is 12.1. The van der Waals surface area contributed by atoms with E-state index in [0.717, 1.165) is 25.5 Å². The largest absolute Gasteiger partial charge is 0.303 e. The number of carbonyl (C=O) groups excluding carboxylic acids is 1. The van der Waals surface area contributed by atoms with Gasteiger partial charge in [0, 0.05) is 6.42 Å². The Morgan fingerprint density at radius 1 is 0.923 bits per heavy atom. The third-order valence-corrected chi connectivity index (χ3v) is 1.60. The SMILES string of the molecule is C/C=C/C=C/C=C/CCCCC=O. The lowest BCUT2D eigenvalue weighted by atomic mass is 10.2. The second-order valence-corrected chi connectivity index (χ2v) is 2.79. The van der Waals surface area contributed by atoms with E-state index in [1.165, 1.54) is 0 Å². The highest BCUT2D eigenvalue weighted by Gasteiger charge is 1.82. The first-order valence-corrected chi connectivity index (χ1v) is 4.80. The van der Waals surface area contributed by atoms with Crippen LogP contribution in [0.3, 0.4) is 0 Å². The van der Waals surface area contributed by atoms with Crippen LogP contribution in [-0.2, 0) is 4.79 Å². The third kappa shape index (κ3) is 10.9. The number of carbonyl (C=O) groups is 1. The molecule has 1 heteroatoms. The summed E-state index contributed by atoms with van der Waals surface area (Å²) in [6.07, 6.45) is 17.0. The number of unbranched alkanes of at least 4 members (excludes halogenated alkanes) is 3. The maximum Gasteiger partial charge on any atom is 0.119 e.